The van der Waals surface area contributed by atoms with E-state index in [1.54, 1.807) is 6.07 Å². The minimum absolute atomic E-state index is 0.109. The number of nitrogens with zero attached hydrogens (tertiary/aromatic N) is 1. The van der Waals surface area contributed by atoms with Crippen LogP contribution in [-0.2, 0) is 6.42 Å². The van der Waals surface area contributed by atoms with E-state index in [9.17, 15) is 14.4 Å². The number of amides is 1. The van der Waals surface area contributed by atoms with Gasteiger partial charge in [-0.3, -0.25) is 9.59 Å². The van der Waals surface area contributed by atoms with E-state index in [0.29, 0.717) is 5.56 Å². The molecular weight excluding hydrogens is 298 g/mol. The Balaban J connectivity index is 1.79. The summed E-state index contributed by atoms with van der Waals surface area (Å²) in [6.45, 7) is 0. The monoisotopic (exact) mass is 313 g/mol. The predicted molar refractivity (Wildman–Crippen MR) is 81.4 cm³/mol. The predicted octanol–water partition coefficient (Wildman–Crippen LogP) is 1.28. The molecule has 3 N–H and O–H groups in total. The molecule has 3 rings (SSSR count). The summed E-state index contributed by atoms with van der Waals surface area (Å²) in [4.78, 5) is 41.0. The Morgan fingerprint density at radius 3 is 2.78 bits per heavy atom. The van der Waals surface area contributed by atoms with Crippen LogP contribution in [0.15, 0.2) is 35.3 Å². The first-order chi connectivity index (χ1) is 11.0. The van der Waals surface area contributed by atoms with E-state index in [2.05, 4.69) is 15.3 Å². The molecule has 0 fully saturated rings. The van der Waals surface area contributed by atoms with Crippen molar-refractivity contribution in [1.82, 2.24) is 15.3 Å². The van der Waals surface area contributed by atoms with Crippen molar-refractivity contribution >= 4 is 11.9 Å². The molecule has 7 nitrogen and oxygen atoms in total. The number of aromatic carboxylic acids is 1. The maximum absolute atomic E-state index is 12.3. The number of carbonyl (C=O) groups is 2. The van der Waals surface area contributed by atoms with Gasteiger partial charge in [0.05, 0.1) is 11.6 Å². The Kier molecular flexibility index (Phi) is 3.92. The Hall–Kier alpha value is -2.96. The average Bonchev–Trinajstić information content (AvgIpc) is 2.54. The number of aromatic nitrogens is 2. The van der Waals surface area contributed by atoms with Gasteiger partial charge >= 0.3 is 5.97 Å². The van der Waals surface area contributed by atoms with Crippen LogP contribution in [0, 0.1) is 0 Å². The van der Waals surface area contributed by atoms with Crippen molar-refractivity contribution in [3.63, 3.8) is 0 Å². The van der Waals surface area contributed by atoms with E-state index < -0.39 is 5.97 Å². The van der Waals surface area contributed by atoms with Crippen LogP contribution in [0.4, 0.5) is 0 Å². The summed E-state index contributed by atoms with van der Waals surface area (Å²) in [5, 5.41) is 11.7. The number of aromatic amines is 1. The Labute approximate surface area is 131 Å². The highest BCUT2D eigenvalue weighted by Gasteiger charge is 2.23. The third kappa shape index (κ3) is 3.13. The molecule has 23 heavy (non-hydrogen) atoms. The number of H-pyrrole nitrogens is 1. The van der Waals surface area contributed by atoms with Crippen molar-refractivity contribution in [3.8, 4) is 0 Å². The summed E-state index contributed by atoms with van der Waals surface area (Å²) in [5.74, 6) is -1.46. The van der Waals surface area contributed by atoms with Gasteiger partial charge in [0, 0.05) is 18.0 Å². The van der Waals surface area contributed by atoms with Gasteiger partial charge in [0.1, 0.15) is 5.69 Å². The van der Waals surface area contributed by atoms with Crippen LogP contribution in [-0.4, -0.2) is 27.0 Å². The summed E-state index contributed by atoms with van der Waals surface area (Å²) in [6, 6.07) is 5.74. The Morgan fingerprint density at radius 1 is 1.26 bits per heavy atom. The lowest BCUT2D eigenvalue weighted by Gasteiger charge is -2.25. The van der Waals surface area contributed by atoms with Crippen LogP contribution in [0.5, 0.6) is 0 Å². The van der Waals surface area contributed by atoms with Gasteiger partial charge in [-0.2, -0.15) is 0 Å². The standard InChI is InChI=1S/C16H15N3O4/c20-14-7-5-10-11(18-14)2-1-3-12(10)19-15(21)9-4-6-13(16(22)23)17-8-9/h4-8,12H,1-3H2,(H,18,20)(H,19,21)(H,22,23). The lowest BCUT2D eigenvalue weighted by atomic mass is 9.91. The molecule has 7 heteroatoms. The van der Waals surface area contributed by atoms with Crippen LogP contribution in [0.3, 0.4) is 0 Å². The summed E-state index contributed by atoms with van der Waals surface area (Å²) >= 11 is 0. The van der Waals surface area contributed by atoms with Crippen LogP contribution in [0.2, 0.25) is 0 Å². The zero-order valence-corrected chi connectivity index (χ0v) is 12.2. The average molecular weight is 313 g/mol. The highest BCUT2D eigenvalue weighted by molar-refractivity contribution is 5.95. The second kappa shape index (κ2) is 6.04. The number of rotatable bonds is 3. The molecule has 2 heterocycles. The van der Waals surface area contributed by atoms with Gasteiger partial charge in [-0.25, -0.2) is 9.78 Å². The zero-order chi connectivity index (χ0) is 16.4. The van der Waals surface area contributed by atoms with Gasteiger partial charge in [-0.15, -0.1) is 0 Å². The Morgan fingerprint density at radius 2 is 2.09 bits per heavy atom. The number of aryl methyl sites for hydroxylation is 1. The highest BCUT2D eigenvalue weighted by atomic mass is 16.4. The van der Waals surface area contributed by atoms with E-state index in [1.807, 2.05) is 0 Å². The maximum Gasteiger partial charge on any atom is 0.354 e. The molecule has 1 amide bonds. The molecule has 0 aromatic carbocycles. The number of pyridine rings is 2. The molecule has 1 aliphatic rings. The lowest BCUT2D eigenvalue weighted by Crippen LogP contribution is -2.32. The van der Waals surface area contributed by atoms with Gasteiger partial charge < -0.3 is 15.4 Å². The number of hydrogen-bond donors (Lipinski definition) is 3. The van der Waals surface area contributed by atoms with Crippen molar-refractivity contribution < 1.29 is 14.7 Å². The van der Waals surface area contributed by atoms with Crippen LogP contribution >= 0.6 is 0 Å². The first-order valence-corrected chi connectivity index (χ1v) is 7.27. The normalized spacial score (nSPS) is 16.4. The molecule has 0 aliphatic heterocycles. The van der Waals surface area contributed by atoms with Gasteiger partial charge in [-0.1, -0.05) is 0 Å². The second-order valence-corrected chi connectivity index (χ2v) is 5.41. The molecule has 0 radical (unpaired) electrons. The number of hydrogen-bond acceptors (Lipinski definition) is 4. The van der Waals surface area contributed by atoms with Gasteiger partial charge in [0.25, 0.3) is 5.91 Å². The van der Waals surface area contributed by atoms with Crippen molar-refractivity contribution in [2.75, 3.05) is 0 Å². The quantitative estimate of drug-likeness (QED) is 0.790. The third-order valence-electron chi connectivity index (χ3n) is 3.88. The molecule has 1 unspecified atom stereocenters. The summed E-state index contributed by atoms with van der Waals surface area (Å²) in [6.07, 6.45) is 3.68. The highest BCUT2D eigenvalue weighted by Crippen LogP contribution is 2.27. The fourth-order valence-electron chi connectivity index (χ4n) is 2.75. The smallest absolute Gasteiger partial charge is 0.354 e. The third-order valence-corrected chi connectivity index (χ3v) is 3.88. The molecule has 1 atom stereocenters. The number of fused-ring (bicyclic) bond motifs is 1. The molecule has 1 aliphatic carbocycles. The SMILES string of the molecule is O=C(NC1CCCc2[nH]c(=O)ccc21)c1ccc(C(=O)O)nc1. The van der Waals surface area contributed by atoms with E-state index in [0.717, 1.165) is 30.5 Å². The van der Waals surface area contributed by atoms with E-state index in [-0.39, 0.29) is 23.2 Å². The first kappa shape index (κ1) is 15.0. The lowest BCUT2D eigenvalue weighted by molar-refractivity contribution is 0.0689. The molecular formula is C16H15N3O4. The van der Waals surface area contributed by atoms with E-state index >= 15 is 0 Å². The van der Waals surface area contributed by atoms with Gasteiger partial charge in [-0.05, 0) is 43.0 Å². The zero-order valence-electron chi connectivity index (χ0n) is 12.2. The minimum atomic E-state index is -1.14. The molecule has 0 bridgehead atoms. The van der Waals surface area contributed by atoms with Gasteiger partial charge in [0.15, 0.2) is 0 Å². The number of carbonyl (C=O) groups excluding carboxylic acids is 1. The number of carboxylic acid groups (broad SMARTS) is 1. The summed E-state index contributed by atoms with van der Waals surface area (Å²) in [7, 11) is 0. The largest absolute Gasteiger partial charge is 0.477 e. The van der Waals surface area contributed by atoms with Crippen LogP contribution < -0.4 is 10.9 Å². The topological polar surface area (TPSA) is 112 Å². The molecule has 0 saturated carbocycles. The first-order valence-electron chi connectivity index (χ1n) is 7.27. The van der Waals surface area contributed by atoms with Crippen molar-refractivity contribution in [2.45, 2.75) is 25.3 Å². The Bertz CT molecular complexity index is 811. The van der Waals surface area contributed by atoms with E-state index in [4.69, 9.17) is 5.11 Å². The van der Waals surface area contributed by atoms with Crippen molar-refractivity contribution in [2.24, 2.45) is 0 Å². The molecule has 0 spiro atoms. The van der Waals surface area contributed by atoms with E-state index in [1.165, 1.54) is 24.4 Å². The van der Waals surface area contributed by atoms with Crippen molar-refractivity contribution in [3.05, 3.63) is 63.3 Å². The fraction of sp³-hybridized carbons (Fsp3) is 0.250. The number of carboxylic acids is 1. The fourth-order valence-corrected chi connectivity index (χ4v) is 2.75. The van der Waals surface area contributed by atoms with Gasteiger partial charge in [0.2, 0.25) is 5.56 Å². The van der Waals surface area contributed by atoms with Crippen LogP contribution in [0.25, 0.3) is 0 Å². The minimum Gasteiger partial charge on any atom is -0.477 e. The summed E-state index contributed by atoms with van der Waals surface area (Å²) < 4.78 is 0. The van der Waals surface area contributed by atoms with Crippen molar-refractivity contribution in [1.29, 1.82) is 0 Å². The molecule has 118 valence electrons. The second-order valence-electron chi connectivity index (χ2n) is 5.41. The molecule has 2 aromatic heterocycles. The van der Waals surface area contributed by atoms with Crippen LogP contribution in [0.1, 0.15) is 51.0 Å². The summed E-state index contributed by atoms with van der Waals surface area (Å²) in [5.41, 5.74) is 1.81. The number of nitrogens with one attached hydrogen (secondary N) is 2. The maximum atomic E-state index is 12.3. The molecule has 0 saturated heterocycles. The molecule has 2 aromatic rings.